The van der Waals surface area contributed by atoms with Gasteiger partial charge in [0.1, 0.15) is 10.5 Å². The molecule has 3 rings (SSSR count). The van der Waals surface area contributed by atoms with Gasteiger partial charge in [0.05, 0.1) is 12.1 Å². The highest BCUT2D eigenvalue weighted by Crippen LogP contribution is 2.27. The minimum Gasteiger partial charge on any atom is -0.308 e. The number of hydrogen-bond acceptors (Lipinski definition) is 4. The zero-order chi connectivity index (χ0) is 14.7. The van der Waals surface area contributed by atoms with Gasteiger partial charge in [0.25, 0.3) is 5.56 Å². The summed E-state index contributed by atoms with van der Waals surface area (Å²) in [5.41, 5.74) is 0.795. The fourth-order valence-corrected chi connectivity index (χ4v) is 4.14. The summed E-state index contributed by atoms with van der Waals surface area (Å²) < 4.78 is 0.720. The van der Waals surface area contributed by atoms with Gasteiger partial charge in [-0.05, 0) is 36.6 Å². The third-order valence-electron chi connectivity index (χ3n) is 4.55. The topological polar surface area (TPSA) is 57.8 Å². The van der Waals surface area contributed by atoms with Crippen LogP contribution in [0.4, 0.5) is 0 Å². The molecule has 4 nitrogen and oxygen atoms in total. The molecule has 2 aromatic heterocycles. The van der Waals surface area contributed by atoms with Crippen molar-refractivity contribution in [3.63, 3.8) is 0 Å². The van der Waals surface area contributed by atoms with Gasteiger partial charge in [-0.25, -0.2) is 4.98 Å². The summed E-state index contributed by atoms with van der Waals surface area (Å²) in [7, 11) is 0. The van der Waals surface area contributed by atoms with Crippen LogP contribution in [0, 0.1) is 5.92 Å². The van der Waals surface area contributed by atoms with Crippen molar-refractivity contribution in [3.8, 4) is 0 Å². The smallest absolute Gasteiger partial charge is 0.268 e. The minimum absolute atomic E-state index is 0.0162. The number of nitrogens with zero attached hydrogens (tertiary/aromatic N) is 1. The molecule has 0 saturated heterocycles. The van der Waals surface area contributed by atoms with E-state index in [0.29, 0.717) is 12.6 Å². The van der Waals surface area contributed by atoms with Crippen molar-refractivity contribution >= 4 is 21.6 Å². The molecule has 1 aliphatic carbocycles. The highest BCUT2D eigenvalue weighted by Gasteiger charge is 2.22. The summed E-state index contributed by atoms with van der Waals surface area (Å²) in [6.07, 6.45) is 7.90. The highest BCUT2D eigenvalue weighted by atomic mass is 32.1. The van der Waals surface area contributed by atoms with E-state index in [0.717, 1.165) is 28.4 Å². The molecule has 1 aliphatic rings. The van der Waals surface area contributed by atoms with Crippen LogP contribution in [0.25, 0.3) is 10.2 Å². The normalized spacial score (nSPS) is 18.1. The zero-order valence-corrected chi connectivity index (χ0v) is 13.3. The third kappa shape index (κ3) is 3.35. The molecular formula is C16H23N3OS. The first-order chi connectivity index (χ1) is 10.3. The van der Waals surface area contributed by atoms with Gasteiger partial charge >= 0.3 is 0 Å². The van der Waals surface area contributed by atoms with Crippen molar-refractivity contribution in [1.29, 1.82) is 0 Å². The van der Waals surface area contributed by atoms with Crippen LogP contribution in [-0.4, -0.2) is 16.0 Å². The number of fused-ring (bicyclic) bond motifs is 1. The summed E-state index contributed by atoms with van der Waals surface area (Å²) in [6, 6.07) is 2.45. The molecule has 0 aliphatic heterocycles. The minimum atomic E-state index is -0.0162. The maximum atomic E-state index is 12.0. The third-order valence-corrected chi connectivity index (χ3v) is 5.46. The summed E-state index contributed by atoms with van der Waals surface area (Å²) in [5, 5.41) is 5.53. The Kier molecular flexibility index (Phi) is 4.70. The molecule has 0 radical (unpaired) electrons. The summed E-state index contributed by atoms with van der Waals surface area (Å²) in [6.45, 7) is 2.89. The molecule has 114 valence electrons. The monoisotopic (exact) mass is 305 g/mol. The Morgan fingerprint density at radius 2 is 2.24 bits per heavy atom. The van der Waals surface area contributed by atoms with Gasteiger partial charge in [-0.3, -0.25) is 4.79 Å². The van der Waals surface area contributed by atoms with Crippen molar-refractivity contribution in [3.05, 3.63) is 27.6 Å². The largest absolute Gasteiger partial charge is 0.308 e. The molecule has 1 atom stereocenters. The van der Waals surface area contributed by atoms with E-state index in [-0.39, 0.29) is 5.56 Å². The first-order valence-electron chi connectivity index (χ1n) is 7.97. The van der Waals surface area contributed by atoms with Crippen LogP contribution in [0.2, 0.25) is 0 Å². The van der Waals surface area contributed by atoms with Crippen molar-refractivity contribution in [2.24, 2.45) is 5.92 Å². The zero-order valence-electron chi connectivity index (χ0n) is 12.5. The Morgan fingerprint density at radius 1 is 1.43 bits per heavy atom. The number of aromatic amines is 1. The van der Waals surface area contributed by atoms with Crippen LogP contribution in [-0.2, 0) is 6.54 Å². The number of hydrogen-bond donors (Lipinski definition) is 2. The van der Waals surface area contributed by atoms with E-state index in [1.54, 1.807) is 0 Å². The molecule has 0 amide bonds. The molecule has 0 spiro atoms. The predicted molar refractivity (Wildman–Crippen MR) is 87.7 cm³/mol. The van der Waals surface area contributed by atoms with Crippen molar-refractivity contribution in [2.45, 2.75) is 58.0 Å². The van der Waals surface area contributed by atoms with Crippen LogP contribution in [0.1, 0.15) is 51.3 Å². The molecule has 2 N–H and O–H groups in total. The second-order valence-corrected chi connectivity index (χ2v) is 6.86. The number of rotatable bonds is 5. The van der Waals surface area contributed by atoms with Gasteiger partial charge in [-0.15, -0.1) is 11.3 Å². The number of H-pyrrole nitrogens is 1. The first-order valence-corrected chi connectivity index (χ1v) is 8.85. The van der Waals surface area contributed by atoms with Crippen LogP contribution >= 0.6 is 11.3 Å². The fraction of sp³-hybridized carbons (Fsp3) is 0.625. The maximum Gasteiger partial charge on any atom is 0.268 e. The van der Waals surface area contributed by atoms with Gasteiger partial charge in [-0.2, -0.15) is 0 Å². The number of nitrogens with one attached hydrogen (secondary N) is 2. The second-order valence-electron chi connectivity index (χ2n) is 5.94. The van der Waals surface area contributed by atoms with Crippen LogP contribution in [0.3, 0.4) is 0 Å². The lowest BCUT2D eigenvalue weighted by Gasteiger charge is -2.30. The van der Waals surface area contributed by atoms with Crippen molar-refractivity contribution in [1.82, 2.24) is 15.3 Å². The fourth-order valence-electron chi connectivity index (χ4n) is 3.41. The van der Waals surface area contributed by atoms with E-state index in [4.69, 9.17) is 0 Å². The van der Waals surface area contributed by atoms with E-state index < -0.39 is 0 Å². The molecule has 21 heavy (non-hydrogen) atoms. The first kappa shape index (κ1) is 14.7. The molecule has 1 unspecified atom stereocenters. The lowest BCUT2D eigenvalue weighted by molar-refractivity contribution is 0.260. The Hall–Kier alpha value is -1.20. The van der Waals surface area contributed by atoms with Gasteiger partial charge in [-0.1, -0.05) is 26.2 Å². The molecule has 2 heterocycles. The van der Waals surface area contributed by atoms with Gasteiger partial charge < -0.3 is 10.3 Å². The Morgan fingerprint density at radius 3 is 3.00 bits per heavy atom. The SMILES string of the molecule is CCC(NCc1nc2ccsc2c(=O)[nH]1)C1CCCCC1. The lowest BCUT2D eigenvalue weighted by atomic mass is 9.83. The van der Waals surface area contributed by atoms with Gasteiger partial charge in [0, 0.05) is 6.04 Å². The van der Waals surface area contributed by atoms with E-state index in [1.165, 1.54) is 43.4 Å². The average Bonchev–Trinajstić information content (AvgIpc) is 2.98. The molecule has 0 aromatic carbocycles. The Bertz CT molecular complexity index is 642. The molecule has 1 saturated carbocycles. The van der Waals surface area contributed by atoms with Crippen LogP contribution < -0.4 is 10.9 Å². The molecule has 5 heteroatoms. The lowest BCUT2D eigenvalue weighted by Crippen LogP contribution is -2.37. The molecule has 2 aromatic rings. The maximum absolute atomic E-state index is 12.0. The van der Waals surface area contributed by atoms with Crippen LogP contribution in [0.15, 0.2) is 16.2 Å². The van der Waals surface area contributed by atoms with Crippen molar-refractivity contribution in [2.75, 3.05) is 0 Å². The Balaban J connectivity index is 1.68. The predicted octanol–water partition coefficient (Wildman–Crippen LogP) is 3.43. The molecular weight excluding hydrogens is 282 g/mol. The number of thiophene rings is 1. The second kappa shape index (κ2) is 6.71. The van der Waals surface area contributed by atoms with E-state index in [9.17, 15) is 4.79 Å². The van der Waals surface area contributed by atoms with Gasteiger partial charge in [0.15, 0.2) is 0 Å². The summed E-state index contributed by atoms with van der Waals surface area (Å²) in [5.74, 6) is 1.53. The van der Waals surface area contributed by atoms with E-state index in [2.05, 4.69) is 22.2 Å². The summed E-state index contributed by atoms with van der Waals surface area (Å²) >= 11 is 1.45. The molecule has 1 fully saturated rings. The average molecular weight is 305 g/mol. The standard InChI is InChI=1S/C16H23N3OS/c1-2-12(11-6-4-3-5-7-11)17-10-14-18-13-8-9-21-15(13)16(20)19-14/h8-9,11-12,17H,2-7,10H2,1H3,(H,18,19,20). The Labute approximate surface area is 129 Å². The van der Waals surface area contributed by atoms with E-state index in [1.807, 2.05) is 11.4 Å². The van der Waals surface area contributed by atoms with Crippen LogP contribution in [0.5, 0.6) is 0 Å². The number of aromatic nitrogens is 2. The summed E-state index contributed by atoms with van der Waals surface area (Å²) in [4.78, 5) is 19.4. The van der Waals surface area contributed by atoms with E-state index >= 15 is 0 Å². The quantitative estimate of drug-likeness (QED) is 0.889. The highest BCUT2D eigenvalue weighted by molar-refractivity contribution is 7.17. The molecule has 0 bridgehead atoms. The van der Waals surface area contributed by atoms with Crippen molar-refractivity contribution < 1.29 is 0 Å². The van der Waals surface area contributed by atoms with Gasteiger partial charge in [0.2, 0.25) is 0 Å².